The molecule has 0 aromatic rings. The molecule has 7 aliphatic rings. The molecule has 3 heterocycles. The maximum Gasteiger partial charge on any atom is 0.331 e. The minimum Gasteiger partial charge on any atom is -0.368 e. The molecule has 0 saturated heterocycles. The number of nitrogens with one attached hydrogen (secondary N) is 1. The van der Waals surface area contributed by atoms with Gasteiger partial charge in [-0.1, -0.05) is 6.92 Å². The van der Waals surface area contributed by atoms with Crippen molar-refractivity contribution in [1.29, 1.82) is 0 Å². The number of nitrogens with zero attached hydrogens (tertiary/aromatic N) is 4. The fraction of sp³-hybridized carbons (Fsp3) is 0.737. The van der Waals surface area contributed by atoms with Crippen LogP contribution in [0.15, 0.2) is 4.79 Å². The second-order valence-electron chi connectivity index (χ2n) is 8.78. The van der Waals surface area contributed by atoms with Gasteiger partial charge in [0.15, 0.2) is 5.82 Å². The summed E-state index contributed by atoms with van der Waals surface area (Å²) in [4.78, 5) is 23.0. The molecule has 4 bridgehead atoms. The molecule has 0 spiro atoms. The lowest BCUT2D eigenvalue weighted by Gasteiger charge is -2.30. The molecular weight excluding hydrogens is 314 g/mol. The van der Waals surface area contributed by atoms with Gasteiger partial charge >= 0.3 is 5.69 Å². The molecule has 4 aliphatic carbocycles. The predicted molar refractivity (Wildman–Crippen MR) is 94.9 cm³/mol. The van der Waals surface area contributed by atoms with Crippen LogP contribution in [-0.4, -0.2) is 25.6 Å². The van der Waals surface area contributed by atoms with Crippen molar-refractivity contribution < 1.29 is 0 Å². The Balaban J connectivity index is 1.58. The molecule has 2 unspecified atom stereocenters. The molecule has 6 nitrogen and oxygen atoms in total. The van der Waals surface area contributed by atoms with E-state index in [-0.39, 0.29) is 11.1 Å². The SMILES string of the molecule is CCCn1c2nc(C34CC5CC(CC3C5)C4)nc-2c2n(c1=O)CCN2. The van der Waals surface area contributed by atoms with E-state index in [1.165, 1.54) is 32.1 Å². The van der Waals surface area contributed by atoms with Crippen LogP contribution in [0.3, 0.4) is 0 Å². The van der Waals surface area contributed by atoms with Crippen LogP contribution in [0.5, 0.6) is 0 Å². The first-order valence-corrected chi connectivity index (χ1v) is 9.95. The Hall–Kier alpha value is -1.85. The van der Waals surface area contributed by atoms with Gasteiger partial charge in [0, 0.05) is 25.0 Å². The van der Waals surface area contributed by atoms with Crippen LogP contribution in [0.2, 0.25) is 0 Å². The monoisotopic (exact) mass is 339 g/mol. The fourth-order valence-electron chi connectivity index (χ4n) is 6.62. The summed E-state index contributed by atoms with van der Waals surface area (Å²) in [6.07, 6.45) is 7.63. The van der Waals surface area contributed by atoms with Crippen molar-refractivity contribution in [2.45, 2.75) is 64.0 Å². The van der Waals surface area contributed by atoms with E-state index in [0.29, 0.717) is 0 Å². The number of hydrogen-bond donors (Lipinski definition) is 1. The lowest BCUT2D eigenvalue weighted by Crippen LogP contribution is -2.32. The molecule has 4 saturated carbocycles. The molecular formula is C19H25N5O. The number of aromatic nitrogens is 4. The van der Waals surface area contributed by atoms with Crippen molar-refractivity contribution in [2.24, 2.45) is 17.8 Å². The first-order valence-electron chi connectivity index (χ1n) is 9.95. The van der Waals surface area contributed by atoms with Gasteiger partial charge in [-0.15, -0.1) is 0 Å². The quantitative estimate of drug-likeness (QED) is 0.933. The minimum absolute atomic E-state index is 0.0653. The smallest absolute Gasteiger partial charge is 0.331 e. The fourth-order valence-corrected chi connectivity index (χ4v) is 6.62. The van der Waals surface area contributed by atoms with Crippen LogP contribution in [0, 0.1) is 17.8 Å². The van der Waals surface area contributed by atoms with Gasteiger partial charge < -0.3 is 5.32 Å². The average Bonchev–Trinajstić information content (AvgIpc) is 3.32. The largest absolute Gasteiger partial charge is 0.368 e. The van der Waals surface area contributed by atoms with E-state index < -0.39 is 0 Å². The first kappa shape index (κ1) is 14.3. The van der Waals surface area contributed by atoms with Crippen LogP contribution in [-0.2, 0) is 18.5 Å². The van der Waals surface area contributed by atoms with Gasteiger partial charge in [0.05, 0.1) is 0 Å². The van der Waals surface area contributed by atoms with Crippen LogP contribution < -0.4 is 11.0 Å². The number of anilines is 1. The highest BCUT2D eigenvalue weighted by molar-refractivity contribution is 5.69. The molecule has 0 radical (unpaired) electrons. The molecule has 1 N–H and O–H groups in total. The molecule has 25 heavy (non-hydrogen) atoms. The third-order valence-electron chi connectivity index (χ3n) is 7.36. The summed E-state index contributed by atoms with van der Waals surface area (Å²) >= 11 is 0. The zero-order valence-corrected chi connectivity index (χ0v) is 14.8. The number of rotatable bonds is 3. The maximum absolute atomic E-state index is 12.9. The summed E-state index contributed by atoms with van der Waals surface area (Å²) in [5.74, 6) is 5.28. The van der Waals surface area contributed by atoms with Gasteiger partial charge in [0.25, 0.3) is 0 Å². The molecule has 3 aliphatic heterocycles. The van der Waals surface area contributed by atoms with E-state index in [2.05, 4.69) is 12.2 Å². The molecule has 0 aromatic carbocycles. The highest BCUT2D eigenvalue weighted by atomic mass is 16.1. The number of hydrogen-bond acceptors (Lipinski definition) is 4. The van der Waals surface area contributed by atoms with Crippen molar-refractivity contribution in [3.63, 3.8) is 0 Å². The molecule has 2 atom stereocenters. The van der Waals surface area contributed by atoms with Crippen LogP contribution >= 0.6 is 0 Å². The first-order chi connectivity index (χ1) is 12.2. The van der Waals surface area contributed by atoms with Crippen LogP contribution in [0.1, 0.15) is 51.3 Å². The van der Waals surface area contributed by atoms with E-state index in [9.17, 15) is 4.79 Å². The van der Waals surface area contributed by atoms with Crippen molar-refractivity contribution in [3.8, 4) is 11.5 Å². The Morgan fingerprint density at radius 1 is 1.20 bits per heavy atom. The van der Waals surface area contributed by atoms with E-state index in [1.807, 2.05) is 9.13 Å². The zero-order chi connectivity index (χ0) is 16.8. The Morgan fingerprint density at radius 2 is 2.00 bits per heavy atom. The third-order valence-corrected chi connectivity index (χ3v) is 7.36. The molecule has 7 rings (SSSR count). The average molecular weight is 339 g/mol. The van der Waals surface area contributed by atoms with E-state index in [0.717, 1.165) is 67.0 Å². The van der Waals surface area contributed by atoms with E-state index in [4.69, 9.17) is 9.97 Å². The molecule has 132 valence electrons. The highest BCUT2D eigenvalue weighted by Crippen LogP contribution is 2.65. The second kappa shape index (κ2) is 4.65. The Morgan fingerprint density at radius 3 is 2.76 bits per heavy atom. The van der Waals surface area contributed by atoms with Gasteiger partial charge in [-0.2, -0.15) is 0 Å². The Kier molecular flexibility index (Phi) is 2.67. The summed E-state index contributed by atoms with van der Waals surface area (Å²) < 4.78 is 3.71. The topological polar surface area (TPSA) is 64.7 Å². The van der Waals surface area contributed by atoms with Gasteiger partial charge in [0.2, 0.25) is 0 Å². The number of fused-ring (bicyclic) bond motifs is 3. The lowest BCUT2D eigenvalue weighted by atomic mass is 9.75. The second-order valence-corrected chi connectivity index (χ2v) is 8.78. The van der Waals surface area contributed by atoms with Crippen LogP contribution in [0.4, 0.5) is 5.82 Å². The summed E-state index contributed by atoms with van der Waals surface area (Å²) in [6, 6.07) is 0. The van der Waals surface area contributed by atoms with Gasteiger partial charge in [-0.05, 0) is 56.3 Å². The minimum atomic E-state index is 0.0653. The van der Waals surface area contributed by atoms with E-state index >= 15 is 0 Å². The lowest BCUT2D eigenvalue weighted by molar-refractivity contribution is 0.262. The van der Waals surface area contributed by atoms with Crippen molar-refractivity contribution in [1.82, 2.24) is 19.1 Å². The normalized spacial score (nSPS) is 34.8. The summed E-state index contributed by atoms with van der Waals surface area (Å²) in [5, 5.41) is 3.38. The molecule has 6 heteroatoms. The van der Waals surface area contributed by atoms with E-state index in [1.54, 1.807) is 0 Å². The van der Waals surface area contributed by atoms with Gasteiger partial charge in [-0.3, -0.25) is 9.13 Å². The van der Waals surface area contributed by atoms with Crippen LogP contribution in [0.25, 0.3) is 11.5 Å². The third kappa shape index (κ3) is 1.68. The molecule has 0 aromatic heterocycles. The predicted octanol–water partition coefficient (Wildman–Crippen LogP) is 2.46. The van der Waals surface area contributed by atoms with Crippen molar-refractivity contribution in [2.75, 3.05) is 11.9 Å². The summed E-state index contributed by atoms with van der Waals surface area (Å²) in [7, 11) is 0. The Bertz CT molecular complexity index is 882. The Labute approximate surface area is 147 Å². The zero-order valence-electron chi connectivity index (χ0n) is 14.8. The standard InChI is InChI=1S/C19H25N5O/c1-2-4-23-16-14(15-20-3-5-24(15)18(23)25)21-17(22-16)19-9-11-6-12(10-19)8-13(19)7-11/h11-13,20H,2-10H2,1H3. The van der Waals surface area contributed by atoms with Gasteiger partial charge in [0.1, 0.15) is 17.3 Å². The summed E-state index contributed by atoms with van der Waals surface area (Å²) in [5.41, 5.74) is 1.19. The molecule has 4 fully saturated rings. The number of imidazole rings is 1. The highest BCUT2D eigenvalue weighted by Gasteiger charge is 2.60. The summed E-state index contributed by atoms with van der Waals surface area (Å²) in [6.45, 7) is 4.37. The maximum atomic E-state index is 12.9. The van der Waals surface area contributed by atoms with Crippen molar-refractivity contribution >= 4 is 5.82 Å². The molecule has 0 amide bonds. The van der Waals surface area contributed by atoms with Crippen molar-refractivity contribution in [3.05, 3.63) is 16.3 Å². The van der Waals surface area contributed by atoms with Gasteiger partial charge in [-0.25, -0.2) is 14.8 Å².